The minimum Gasteiger partial charge on any atom is -0.417 e. The lowest BCUT2D eigenvalue weighted by Crippen LogP contribution is -2.46. The second kappa shape index (κ2) is 11.0. The van der Waals surface area contributed by atoms with E-state index in [9.17, 15) is 18.8 Å². The van der Waals surface area contributed by atoms with Crippen LogP contribution in [0.3, 0.4) is 0 Å². The summed E-state index contributed by atoms with van der Waals surface area (Å²) >= 11 is 0. The monoisotopic (exact) mass is 532 g/mol. The molecule has 0 aliphatic heterocycles. The normalized spacial score (nSPS) is 12.4. The van der Waals surface area contributed by atoms with Crippen molar-refractivity contribution in [2.45, 2.75) is 45.7 Å². The van der Waals surface area contributed by atoms with E-state index in [1.807, 2.05) is 44.2 Å². The Morgan fingerprint density at radius 1 is 1.08 bits per heavy atom. The number of anilines is 1. The van der Waals surface area contributed by atoms with Gasteiger partial charge in [-0.15, -0.1) is 10.2 Å². The number of carbonyl (C=O) groups is 2. The van der Waals surface area contributed by atoms with Gasteiger partial charge in [0, 0.05) is 5.56 Å². The molecule has 11 heteroatoms. The molecule has 39 heavy (non-hydrogen) atoms. The molecule has 1 amide bonds. The number of benzene rings is 2. The number of hydrogen-bond donors (Lipinski definition) is 2. The third kappa shape index (κ3) is 5.77. The maximum atomic E-state index is 13.4. The molecule has 2 heterocycles. The number of nitrogens with one attached hydrogen (secondary N) is 1. The highest BCUT2D eigenvalue weighted by Gasteiger charge is 2.34. The van der Waals surface area contributed by atoms with Crippen LogP contribution in [0.2, 0.25) is 0 Å². The highest BCUT2D eigenvalue weighted by atomic mass is 19.1. The van der Waals surface area contributed by atoms with E-state index in [-0.39, 0.29) is 29.2 Å². The average molecular weight is 533 g/mol. The van der Waals surface area contributed by atoms with E-state index in [1.54, 1.807) is 13.8 Å². The van der Waals surface area contributed by atoms with Crippen LogP contribution in [0.15, 0.2) is 70.0 Å². The van der Waals surface area contributed by atoms with Crippen molar-refractivity contribution in [2.24, 2.45) is 5.92 Å². The molecule has 4 rings (SSSR count). The highest BCUT2D eigenvalue weighted by Crippen LogP contribution is 2.30. The van der Waals surface area contributed by atoms with Crippen molar-refractivity contribution < 1.29 is 18.4 Å². The van der Waals surface area contributed by atoms with Gasteiger partial charge in [-0.1, -0.05) is 44.2 Å². The zero-order valence-corrected chi connectivity index (χ0v) is 22.0. The Kier molecular flexibility index (Phi) is 7.70. The molecule has 0 radical (unpaired) electrons. The van der Waals surface area contributed by atoms with Gasteiger partial charge < -0.3 is 15.5 Å². The first-order valence-electron chi connectivity index (χ1n) is 12.3. The van der Waals surface area contributed by atoms with Crippen LogP contribution in [0.1, 0.15) is 49.8 Å². The smallest absolute Gasteiger partial charge is 0.286 e. The summed E-state index contributed by atoms with van der Waals surface area (Å²) < 4.78 is 20.3. The van der Waals surface area contributed by atoms with Gasteiger partial charge in [-0.25, -0.2) is 9.37 Å². The van der Waals surface area contributed by atoms with Crippen LogP contribution in [0.5, 0.6) is 0 Å². The number of nitrogens with two attached hydrogens (primary N) is 1. The topological polar surface area (TPSA) is 146 Å². The lowest BCUT2D eigenvalue weighted by Gasteiger charge is -2.21. The molecule has 0 fully saturated rings. The van der Waals surface area contributed by atoms with Crippen molar-refractivity contribution in [3.05, 3.63) is 94.3 Å². The van der Waals surface area contributed by atoms with Gasteiger partial charge in [-0.3, -0.25) is 19.0 Å². The Hall–Kier alpha value is -4.67. The van der Waals surface area contributed by atoms with Gasteiger partial charge in [0.1, 0.15) is 23.9 Å². The first-order chi connectivity index (χ1) is 18.5. The Morgan fingerprint density at radius 3 is 2.38 bits per heavy atom. The van der Waals surface area contributed by atoms with E-state index >= 15 is 0 Å². The summed E-state index contributed by atoms with van der Waals surface area (Å²) in [7, 11) is 0. The predicted molar refractivity (Wildman–Crippen MR) is 142 cm³/mol. The van der Waals surface area contributed by atoms with Crippen LogP contribution in [0.25, 0.3) is 11.4 Å². The van der Waals surface area contributed by atoms with E-state index in [0.29, 0.717) is 5.56 Å². The highest BCUT2D eigenvalue weighted by molar-refractivity contribution is 5.98. The predicted octanol–water partition coefficient (Wildman–Crippen LogP) is 3.36. The molecular formula is C28H29FN6O4. The minimum atomic E-state index is -1.01. The van der Waals surface area contributed by atoms with E-state index in [4.69, 9.17) is 10.2 Å². The van der Waals surface area contributed by atoms with E-state index in [2.05, 4.69) is 20.5 Å². The molecule has 0 saturated carbocycles. The number of ketones is 1. The van der Waals surface area contributed by atoms with Gasteiger partial charge in [-0.2, -0.15) is 0 Å². The van der Waals surface area contributed by atoms with Gasteiger partial charge >= 0.3 is 0 Å². The number of nitrogen functional groups attached to an aromatic ring is 1. The largest absolute Gasteiger partial charge is 0.417 e. The number of carbonyl (C=O) groups excluding carboxylic acids is 2. The van der Waals surface area contributed by atoms with Gasteiger partial charge in [0.05, 0.1) is 17.7 Å². The summed E-state index contributed by atoms with van der Waals surface area (Å²) in [5.41, 5.74) is 5.64. The van der Waals surface area contributed by atoms with Crippen LogP contribution in [-0.2, 0) is 16.8 Å². The number of Topliss-reactive ketones (excluding diaryl/α,β-unsaturated/α-hetero) is 1. The van der Waals surface area contributed by atoms with Crippen molar-refractivity contribution in [1.82, 2.24) is 25.1 Å². The van der Waals surface area contributed by atoms with E-state index in [1.165, 1.54) is 30.5 Å². The molecule has 4 aromatic rings. The number of halogens is 1. The van der Waals surface area contributed by atoms with Gasteiger partial charge in [-0.05, 0) is 49.6 Å². The molecule has 202 valence electrons. The standard InChI is InChI=1S/C28H29FN6O4/c1-16(2)22(23(37)25-33-34-27(39-25)28(3,4)18-8-6-5-7-9-18)32-21(36)15-35-24(31-14-20(30)26(35)38)17-10-12-19(29)13-11-17/h5-14,16,22H,15,30H2,1-4H3,(H,32,36)/t22-/m1/s1. The molecule has 2 aromatic heterocycles. The first kappa shape index (κ1) is 27.4. The summed E-state index contributed by atoms with van der Waals surface area (Å²) in [6.45, 7) is 6.85. The second-order valence-corrected chi connectivity index (χ2v) is 9.99. The van der Waals surface area contributed by atoms with Gasteiger partial charge in [0.25, 0.3) is 11.4 Å². The number of hydrogen-bond acceptors (Lipinski definition) is 8. The number of amides is 1. The van der Waals surface area contributed by atoms with Crippen molar-refractivity contribution in [3.8, 4) is 11.4 Å². The third-order valence-corrected chi connectivity index (χ3v) is 6.41. The van der Waals surface area contributed by atoms with Crippen molar-refractivity contribution in [2.75, 3.05) is 5.73 Å². The quantitative estimate of drug-likeness (QED) is 0.312. The molecule has 0 saturated heterocycles. The Labute approximate surface area is 224 Å². The molecule has 0 aliphatic rings. The molecule has 3 N–H and O–H groups in total. The summed E-state index contributed by atoms with van der Waals surface area (Å²) in [5.74, 6) is -1.85. The van der Waals surface area contributed by atoms with Crippen LogP contribution < -0.4 is 16.6 Å². The molecule has 0 aliphatic carbocycles. The van der Waals surface area contributed by atoms with Gasteiger partial charge in [0.15, 0.2) is 0 Å². The van der Waals surface area contributed by atoms with Crippen LogP contribution in [0.4, 0.5) is 10.1 Å². The lowest BCUT2D eigenvalue weighted by molar-refractivity contribution is -0.122. The maximum absolute atomic E-state index is 13.4. The van der Waals surface area contributed by atoms with Crippen LogP contribution in [-0.4, -0.2) is 37.5 Å². The molecule has 2 aromatic carbocycles. The van der Waals surface area contributed by atoms with Crippen molar-refractivity contribution in [1.29, 1.82) is 0 Å². The van der Waals surface area contributed by atoms with Crippen LogP contribution >= 0.6 is 0 Å². The first-order valence-corrected chi connectivity index (χ1v) is 12.3. The molecule has 10 nitrogen and oxygen atoms in total. The Bertz CT molecular complexity index is 1540. The summed E-state index contributed by atoms with van der Waals surface area (Å²) in [6, 6.07) is 13.8. The van der Waals surface area contributed by atoms with Crippen molar-refractivity contribution in [3.63, 3.8) is 0 Å². The van der Waals surface area contributed by atoms with Crippen molar-refractivity contribution >= 4 is 17.4 Å². The maximum Gasteiger partial charge on any atom is 0.286 e. The molecule has 0 spiro atoms. The fourth-order valence-electron chi connectivity index (χ4n) is 4.07. The Morgan fingerprint density at radius 2 is 1.74 bits per heavy atom. The number of rotatable bonds is 9. The molecule has 1 atom stereocenters. The summed E-state index contributed by atoms with van der Waals surface area (Å²) in [5, 5.41) is 10.7. The van der Waals surface area contributed by atoms with E-state index < -0.39 is 41.1 Å². The van der Waals surface area contributed by atoms with Crippen LogP contribution in [0, 0.1) is 11.7 Å². The summed E-state index contributed by atoms with van der Waals surface area (Å²) in [4.78, 5) is 43.4. The minimum absolute atomic E-state index is 0.126. The lowest BCUT2D eigenvalue weighted by atomic mass is 9.85. The zero-order chi connectivity index (χ0) is 28.3. The third-order valence-electron chi connectivity index (χ3n) is 6.41. The zero-order valence-electron chi connectivity index (χ0n) is 22.0. The summed E-state index contributed by atoms with van der Waals surface area (Å²) in [6.07, 6.45) is 1.18. The fraction of sp³-hybridized carbons (Fsp3) is 0.286. The van der Waals surface area contributed by atoms with Gasteiger partial charge in [0.2, 0.25) is 17.6 Å². The fourth-order valence-corrected chi connectivity index (χ4v) is 4.07. The number of aromatic nitrogens is 4. The average Bonchev–Trinajstić information content (AvgIpc) is 3.42. The second-order valence-electron chi connectivity index (χ2n) is 9.99. The number of nitrogens with zero attached hydrogens (tertiary/aromatic N) is 4. The van der Waals surface area contributed by atoms with E-state index in [0.717, 1.165) is 10.1 Å². The molecule has 0 unspecified atom stereocenters. The molecule has 0 bridgehead atoms. The Balaban J connectivity index is 1.57. The SMILES string of the molecule is CC(C)[C@@H](NC(=O)Cn1c(-c2ccc(F)cc2)ncc(N)c1=O)C(=O)c1nnc(C(C)(C)c2ccccc2)o1. The molecular weight excluding hydrogens is 503 g/mol.